The van der Waals surface area contributed by atoms with E-state index in [1.165, 1.54) is 12.1 Å². The van der Waals surface area contributed by atoms with Gasteiger partial charge in [-0.15, -0.1) is 0 Å². The Morgan fingerprint density at radius 2 is 2.08 bits per heavy atom. The van der Waals surface area contributed by atoms with Crippen molar-refractivity contribution in [2.45, 2.75) is 19.4 Å². The molecule has 0 aromatic heterocycles. The summed E-state index contributed by atoms with van der Waals surface area (Å²) in [6.07, 6.45) is 0.437. The highest BCUT2D eigenvalue weighted by Gasteiger charge is 2.05. The average molecular weight is 171 g/mol. The maximum atomic E-state index is 12.9. The van der Waals surface area contributed by atoms with Crippen molar-refractivity contribution in [3.8, 4) is 0 Å². The van der Waals surface area contributed by atoms with Crippen LogP contribution in [0.3, 0.4) is 0 Å². The molecule has 0 aliphatic carbocycles. The minimum Gasteiger partial charge on any atom is -0.328 e. The topological polar surface area (TPSA) is 26.0 Å². The van der Waals surface area contributed by atoms with Gasteiger partial charge in [0.1, 0.15) is 11.6 Å². The SMILES string of the molecule is CC(N)Cc1ccc(F)cc1F. The fraction of sp³-hybridized carbons (Fsp3) is 0.333. The van der Waals surface area contributed by atoms with E-state index in [1.807, 2.05) is 0 Å². The molecule has 1 rings (SSSR count). The first-order valence-corrected chi connectivity index (χ1v) is 3.79. The average Bonchev–Trinajstić information content (AvgIpc) is 1.94. The van der Waals surface area contributed by atoms with E-state index in [2.05, 4.69) is 0 Å². The minimum atomic E-state index is -0.555. The zero-order chi connectivity index (χ0) is 9.14. The second-order valence-corrected chi connectivity index (χ2v) is 2.92. The Kier molecular flexibility index (Phi) is 2.76. The van der Waals surface area contributed by atoms with E-state index in [1.54, 1.807) is 6.92 Å². The van der Waals surface area contributed by atoms with E-state index >= 15 is 0 Å². The van der Waals surface area contributed by atoms with Gasteiger partial charge < -0.3 is 5.73 Å². The molecule has 1 aromatic carbocycles. The fourth-order valence-electron chi connectivity index (χ4n) is 1.03. The minimum absolute atomic E-state index is 0.107. The summed E-state index contributed by atoms with van der Waals surface area (Å²) in [4.78, 5) is 0. The molecule has 1 aromatic rings. The Labute approximate surface area is 70.2 Å². The van der Waals surface area contributed by atoms with Crippen LogP contribution in [0.5, 0.6) is 0 Å². The quantitative estimate of drug-likeness (QED) is 0.722. The summed E-state index contributed by atoms with van der Waals surface area (Å²) in [6.45, 7) is 1.78. The number of nitrogens with two attached hydrogens (primary N) is 1. The molecule has 3 heteroatoms. The number of hydrogen-bond donors (Lipinski definition) is 1. The Morgan fingerprint density at radius 3 is 2.58 bits per heavy atom. The lowest BCUT2D eigenvalue weighted by atomic mass is 10.1. The Balaban J connectivity index is 2.86. The zero-order valence-electron chi connectivity index (χ0n) is 6.85. The van der Waals surface area contributed by atoms with Crippen LogP contribution < -0.4 is 5.73 Å². The Morgan fingerprint density at radius 1 is 1.42 bits per heavy atom. The largest absolute Gasteiger partial charge is 0.328 e. The maximum absolute atomic E-state index is 12.9. The predicted octanol–water partition coefficient (Wildman–Crippen LogP) is 1.85. The molecule has 0 aliphatic rings. The van der Waals surface area contributed by atoms with Crippen molar-refractivity contribution in [3.05, 3.63) is 35.4 Å². The highest BCUT2D eigenvalue weighted by atomic mass is 19.1. The van der Waals surface area contributed by atoms with Gasteiger partial charge in [-0.1, -0.05) is 6.07 Å². The molecule has 0 aliphatic heterocycles. The molecule has 1 unspecified atom stereocenters. The van der Waals surface area contributed by atoms with Crippen molar-refractivity contribution >= 4 is 0 Å². The van der Waals surface area contributed by atoms with Crippen LogP contribution in [-0.2, 0) is 6.42 Å². The highest BCUT2D eigenvalue weighted by Crippen LogP contribution is 2.10. The molecule has 66 valence electrons. The molecule has 0 amide bonds. The van der Waals surface area contributed by atoms with Gasteiger partial charge in [0.15, 0.2) is 0 Å². The van der Waals surface area contributed by atoms with Crippen LogP contribution in [0.2, 0.25) is 0 Å². The first-order chi connectivity index (χ1) is 5.59. The van der Waals surface area contributed by atoms with Crippen molar-refractivity contribution in [2.24, 2.45) is 5.73 Å². The van der Waals surface area contributed by atoms with Gasteiger partial charge in [0.05, 0.1) is 0 Å². The summed E-state index contributed by atoms with van der Waals surface area (Å²) in [6, 6.07) is 3.43. The Bertz CT molecular complexity index is 271. The maximum Gasteiger partial charge on any atom is 0.129 e. The first kappa shape index (κ1) is 9.13. The molecule has 1 nitrogen and oxygen atoms in total. The molecule has 2 N–H and O–H groups in total. The van der Waals surface area contributed by atoms with E-state index in [0.29, 0.717) is 12.0 Å². The van der Waals surface area contributed by atoms with Crippen LogP contribution in [0.4, 0.5) is 8.78 Å². The monoisotopic (exact) mass is 171 g/mol. The van der Waals surface area contributed by atoms with E-state index < -0.39 is 11.6 Å². The van der Waals surface area contributed by atoms with Crippen LogP contribution in [0.25, 0.3) is 0 Å². The molecule has 0 heterocycles. The van der Waals surface area contributed by atoms with Gasteiger partial charge in [0.2, 0.25) is 0 Å². The zero-order valence-corrected chi connectivity index (χ0v) is 6.85. The lowest BCUT2D eigenvalue weighted by Crippen LogP contribution is -2.18. The second kappa shape index (κ2) is 3.63. The van der Waals surface area contributed by atoms with Crippen molar-refractivity contribution < 1.29 is 8.78 Å². The summed E-state index contributed by atoms with van der Waals surface area (Å²) in [5, 5.41) is 0. The smallest absolute Gasteiger partial charge is 0.129 e. The predicted molar refractivity (Wildman–Crippen MR) is 43.7 cm³/mol. The number of halogens is 2. The summed E-state index contributed by atoms with van der Waals surface area (Å²) in [7, 11) is 0. The van der Waals surface area contributed by atoms with E-state index in [9.17, 15) is 8.78 Å². The van der Waals surface area contributed by atoms with Gasteiger partial charge in [-0.05, 0) is 25.0 Å². The van der Waals surface area contributed by atoms with Gasteiger partial charge in [0.25, 0.3) is 0 Å². The molecule has 12 heavy (non-hydrogen) atoms. The number of hydrogen-bond acceptors (Lipinski definition) is 1. The summed E-state index contributed by atoms with van der Waals surface area (Å²) in [5.74, 6) is -1.08. The molecule has 0 radical (unpaired) electrons. The third-order valence-electron chi connectivity index (χ3n) is 1.56. The summed E-state index contributed by atoms with van der Waals surface area (Å²) >= 11 is 0. The van der Waals surface area contributed by atoms with Gasteiger partial charge in [-0.2, -0.15) is 0 Å². The van der Waals surface area contributed by atoms with Crippen LogP contribution in [0, 0.1) is 11.6 Å². The highest BCUT2D eigenvalue weighted by molar-refractivity contribution is 5.19. The van der Waals surface area contributed by atoms with Gasteiger partial charge >= 0.3 is 0 Å². The summed E-state index contributed by atoms with van der Waals surface area (Å²) in [5.41, 5.74) is 5.94. The van der Waals surface area contributed by atoms with Crippen LogP contribution >= 0.6 is 0 Å². The molecular formula is C9H11F2N. The lowest BCUT2D eigenvalue weighted by molar-refractivity contribution is 0.564. The lowest BCUT2D eigenvalue weighted by Gasteiger charge is -2.05. The van der Waals surface area contributed by atoms with Crippen LogP contribution in [0.15, 0.2) is 18.2 Å². The van der Waals surface area contributed by atoms with E-state index in [0.717, 1.165) is 6.07 Å². The normalized spacial score (nSPS) is 13.0. The van der Waals surface area contributed by atoms with Crippen molar-refractivity contribution in [1.29, 1.82) is 0 Å². The first-order valence-electron chi connectivity index (χ1n) is 3.79. The fourth-order valence-corrected chi connectivity index (χ4v) is 1.03. The third-order valence-corrected chi connectivity index (χ3v) is 1.56. The molecule has 1 atom stereocenters. The third kappa shape index (κ3) is 2.27. The van der Waals surface area contributed by atoms with Gasteiger partial charge in [-0.3, -0.25) is 0 Å². The number of benzene rings is 1. The molecule has 0 saturated carbocycles. The molecule has 0 bridgehead atoms. The van der Waals surface area contributed by atoms with Crippen molar-refractivity contribution in [1.82, 2.24) is 0 Å². The number of rotatable bonds is 2. The molecular weight excluding hydrogens is 160 g/mol. The van der Waals surface area contributed by atoms with Gasteiger partial charge in [0, 0.05) is 12.1 Å². The van der Waals surface area contributed by atoms with Crippen LogP contribution in [-0.4, -0.2) is 6.04 Å². The van der Waals surface area contributed by atoms with Crippen molar-refractivity contribution in [3.63, 3.8) is 0 Å². The molecule has 0 saturated heterocycles. The van der Waals surface area contributed by atoms with Gasteiger partial charge in [-0.25, -0.2) is 8.78 Å². The Hall–Kier alpha value is -0.960. The van der Waals surface area contributed by atoms with Crippen LogP contribution in [0.1, 0.15) is 12.5 Å². The van der Waals surface area contributed by atoms with E-state index in [4.69, 9.17) is 5.73 Å². The standard InChI is InChI=1S/C9H11F2N/c1-6(12)4-7-2-3-8(10)5-9(7)11/h2-3,5-6H,4,12H2,1H3. The molecule has 0 spiro atoms. The molecule has 0 fully saturated rings. The second-order valence-electron chi connectivity index (χ2n) is 2.92. The van der Waals surface area contributed by atoms with Crippen molar-refractivity contribution in [2.75, 3.05) is 0 Å². The summed E-state index contributed by atoms with van der Waals surface area (Å²) < 4.78 is 25.3. The van der Waals surface area contributed by atoms with E-state index in [-0.39, 0.29) is 6.04 Å².